The van der Waals surface area contributed by atoms with Crippen molar-refractivity contribution in [1.29, 1.82) is 0 Å². The van der Waals surface area contributed by atoms with Gasteiger partial charge in [0.15, 0.2) is 0 Å². The number of aromatic nitrogens is 2. The fourth-order valence-electron chi connectivity index (χ4n) is 2.16. The van der Waals surface area contributed by atoms with Gasteiger partial charge in [-0.1, -0.05) is 18.2 Å². The molecule has 3 heteroatoms. The molecule has 18 heavy (non-hydrogen) atoms. The van der Waals surface area contributed by atoms with Crippen molar-refractivity contribution in [3.8, 4) is 11.4 Å². The van der Waals surface area contributed by atoms with Crippen molar-refractivity contribution in [2.45, 2.75) is 6.92 Å². The second-order valence-electron chi connectivity index (χ2n) is 4.40. The van der Waals surface area contributed by atoms with E-state index in [2.05, 4.69) is 40.4 Å². The topological polar surface area (TPSA) is 40.7 Å². The van der Waals surface area contributed by atoms with Gasteiger partial charge in [0, 0.05) is 18.3 Å². The number of nitrogens with zero attached hydrogens (tertiary/aromatic N) is 1. The third kappa shape index (κ3) is 1.74. The summed E-state index contributed by atoms with van der Waals surface area (Å²) >= 11 is 0. The average molecular weight is 237 g/mol. The summed E-state index contributed by atoms with van der Waals surface area (Å²) in [5, 5.41) is 3.19. The van der Waals surface area contributed by atoms with Crippen molar-refractivity contribution in [3.05, 3.63) is 48.0 Å². The summed E-state index contributed by atoms with van der Waals surface area (Å²) in [6.07, 6.45) is 0. The van der Waals surface area contributed by atoms with E-state index in [9.17, 15) is 0 Å². The van der Waals surface area contributed by atoms with Gasteiger partial charge in [0.1, 0.15) is 5.82 Å². The lowest BCUT2D eigenvalue weighted by Crippen LogP contribution is -1.92. The van der Waals surface area contributed by atoms with Crippen LogP contribution in [0, 0.1) is 6.92 Å². The van der Waals surface area contributed by atoms with Crippen LogP contribution in [-0.2, 0) is 0 Å². The second-order valence-corrected chi connectivity index (χ2v) is 4.40. The highest BCUT2D eigenvalue weighted by atomic mass is 14.9. The Morgan fingerprint density at radius 3 is 2.78 bits per heavy atom. The number of para-hydroxylation sites is 1. The second kappa shape index (κ2) is 4.18. The monoisotopic (exact) mass is 237 g/mol. The van der Waals surface area contributed by atoms with Crippen molar-refractivity contribution in [1.82, 2.24) is 9.97 Å². The molecule has 0 bridgehead atoms. The van der Waals surface area contributed by atoms with Gasteiger partial charge < -0.3 is 10.3 Å². The molecule has 0 fully saturated rings. The SMILES string of the molecule is CNc1ccccc1-c1nc2ccc(C)cc2[nH]1. The zero-order chi connectivity index (χ0) is 12.5. The number of anilines is 1. The standard InChI is InChI=1S/C15H15N3/c1-10-7-8-13-14(9-10)18-15(17-13)11-5-3-4-6-12(11)16-2/h3-9,16H,1-2H3,(H,17,18). The highest BCUT2D eigenvalue weighted by Crippen LogP contribution is 2.27. The third-order valence-corrected chi connectivity index (χ3v) is 3.09. The molecule has 0 spiro atoms. The van der Waals surface area contributed by atoms with Gasteiger partial charge in [-0.25, -0.2) is 4.98 Å². The van der Waals surface area contributed by atoms with Crippen LogP contribution in [0.15, 0.2) is 42.5 Å². The lowest BCUT2D eigenvalue weighted by Gasteiger charge is -2.05. The molecule has 0 saturated heterocycles. The number of aryl methyl sites for hydroxylation is 1. The molecular formula is C15H15N3. The lowest BCUT2D eigenvalue weighted by atomic mass is 10.1. The maximum absolute atomic E-state index is 4.64. The number of imidazole rings is 1. The largest absolute Gasteiger partial charge is 0.388 e. The highest BCUT2D eigenvalue weighted by Gasteiger charge is 2.08. The summed E-state index contributed by atoms with van der Waals surface area (Å²) in [5.41, 5.74) is 5.49. The van der Waals surface area contributed by atoms with Gasteiger partial charge in [0.25, 0.3) is 0 Å². The number of hydrogen-bond acceptors (Lipinski definition) is 2. The highest BCUT2D eigenvalue weighted by molar-refractivity contribution is 5.83. The predicted octanol–water partition coefficient (Wildman–Crippen LogP) is 3.58. The number of H-pyrrole nitrogens is 1. The fraction of sp³-hybridized carbons (Fsp3) is 0.133. The Bertz CT molecular complexity index is 698. The van der Waals surface area contributed by atoms with E-state index in [0.717, 1.165) is 28.1 Å². The van der Waals surface area contributed by atoms with E-state index in [1.807, 2.05) is 31.3 Å². The van der Waals surface area contributed by atoms with E-state index in [1.165, 1.54) is 5.56 Å². The van der Waals surface area contributed by atoms with Crippen LogP contribution < -0.4 is 5.32 Å². The summed E-state index contributed by atoms with van der Waals surface area (Å²) in [6, 6.07) is 14.4. The molecule has 3 aromatic rings. The van der Waals surface area contributed by atoms with Gasteiger partial charge in [-0.2, -0.15) is 0 Å². The van der Waals surface area contributed by atoms with Crippen LogP contribution >= 0.6 is 0 Å². The molecule has 1 aromatic heterocycles. The average Bonchev–Trinajstić information content (AvgIpc) is 2.81. The molecule has 0 unspecified atom stereocenters. The maximum atomic E-state index is 4.64. The minimum Gasteiger partial charge on any atom is -0.388 e. The first kappa shape index (κ1) is 10.8. The van der Waals surface area contributed by atoms with Crippen LogP contribution in [0.4, 0.5) is 5.69 Å². The van der Waals surface area contributed by atoms with E-state index in [-0.39, 0.29) is 0 Å². The van der Waals surface area contributed by atoms with Gasteiger partial charge in [0.05, 0.1) is 11.0 Å². The molecule has 0 aliphatic rings. The number of fused-ring (bicyclic) bond motifs is 1. The summed E-state index contributed by atoms with van der Waals surface area (Å²) in [4.78, 5) is 8.01. The van der Waals surface area contributed by atoms with E-state index in [4.69, 9.17) is 0 Å². The van der Waals surface area contributed by atoms with E-state index in [0.29, 0.717) is 0 Å². The minimum atomic E-state index is 0.903. The molecule has 2 aromatic carbocycles. The molecule has 2 N–H and O–H groups in total. The first-order valence-electron chi connectivity index (χ1n) is 6.01. The third-order valence-electron chi connectivity index (χ3n) is 3.09. The normalized spacial score (nSPS) is 10.8. The van der Waals surface area contributed by atoms with E-state index in [1.54, 1.807) is 0 Å². The number of nitrogens with one attached hydrogen (secondary N) is 2. The molecule has 3 rings (SSSR count). The van der Waals surface area contributed by atoms with Gasteiger partial charge in [-0.3, -0.25) is 0 Å². The van der Waals surface area contributed by atoms with Gasteiger partial charge >= 0.3 is 0 Å². The lowest BCUT2D eigenvalue weighted by molar-refractivity contribution is 1.33. The van der Waals surface area contributed by atoms with E-state index >= 15 is 0 Å². The molecule has 90 valence electrons. The Morgan fingerprint density at radius 2 is 1.94 bits per heavy atom. The summed E-state index contributed by atoms with van der Waals surface area (Å²) in [5.74, 6) is 0.903. The van der Waals surface area contributed by atoms with Gasteiger partial charge in [-0.15, -0.1) is 0 Å². The molecule has 1 heterocycles. The summed E-state index contributed by atoms with van der Waals surface area (Å²) in [7, 11) is 1.92. The van der Waals surface area contributed by atoms with Crippen LogP contribution in [0.1, 0.15) is 5.56 Å². The molecule has 3 nitrogen and oxygen atoms in total. The van der Waals surface area contributed by atoms with Crippen molar-refractivity contribution in [3.63, 3.8) is 0 Å². The Labute approximate surface area is 106 Å². The van der Waals surface area contributed by atoms with Crippen LogP contribution in [0.25, 0.3) is 22.4 Å². The smallest absolute Gasteiger partial charge is 0.140 e. The summed E-state index contributed by atoms with van der Waals surface area (Å²) in [6.45, 7) is 2.08. The molecule has 0 aliphatic carbocycles. The van der Waals surface area contributed by atoms with Crippen LogP contribution in [-0.4, -0.2) is 17.0 Å². The van der Waals surface area contributed by atoms with Crippen LogP contribution in [0.2, 0.25) is 0 Å². The quantitative estimate of drug-likeness (QED) is 0.715. The van der Waals surface area contributed by atoms with E-state index < -0.39 is 0 Å². The zero-order valence-corrected chi connectivity index (χ0v) is 10.5. The predicted molar refractivity (Wildman–Crippen MR) is 75.8 cm³/mol. The molecule has 0 amide bonds. The van der Waals surface area contributed by atoms with Crippen LogP contribution in [0.3, 0.4) is 0 Å². The summed E-state index contributed by atoms with van der Waals surface area (Å²) < 4.78 is 0. The Kier molecular flexibility index (Phi) is 2.52. The number of hydrogen-bond donors (Lipinski definition) is 2. The molecule has 0 aliphatic heterocycles. The van der Waals surface area contributed by atoms with Crippen molar-refractivity contribution in [2.75, 3.05) is 12.4 Å². The van der Waals surface area contributed by atoms with Crippen LogP contribution in [0.5, 0.6) is 0 Å². The fourth-order valence-corrected chi connectivity index (χ4v) is 2.16. The Morgan fingerprint density at radius 1 is 1.11 bits per heavy atom. The van der Waals surface area contributed by atoms with Crippen molar-refractivity contribution in [2.24, 2.45) is 0 Å². The number of aromatic amines is 1. The number of rotatable bonds is 2. The first-order chi connectivity index (χ1) is 8.78. The van der Waals surface area contributed by atoms with Crippen molar-refractivity contribution < 1.29 is 0 Å². The molecular weight excluding hydrogens is 222 g/mol. The molecule has 0 atom stereocenters. The Hall–Kier alpha value is -2.29. The van der Waals surface area contributed by atoms with Gasteiger partial charge in [0.2, 0.25) is 0 Å². The van der Waals surface area contributed by atoms with Gasteiger partial charge in [-0.05, 0) is 36.8 Å². The minimum absolute atomic E-state index is 0.903. The zero-order valence-electron chi connectivity index (χ0n) is 10.5. The van der Waals surface area contributed by atoms with Crippen molar-refractivity contribution >= 4 is 16.7 Å². The Balaban J connectivity index is 2.19. The maximum Gasteiger partial charge on any atom is 0.140 e. The molecule has 0 radical (unpaired) electrons. The number of benzene rings is 2. The molecule has 0 saturated carbocycles. The first-order valence-corrected chi connectivity index (χ1v) is 6.01.